The van der Waals surface area contributed by atoms with Crippen molar-refractivity contribution in [1.29, 1.82) is 0 Å². The van der Waals surface area contributed by atoms with Crippen LogP contribution in [-0.2, 0) is 4.74 Å². The number of amides is 1. The lowest BCUT2D eigenvalue weighted by atomic mass is 9.97. The van der Waals surface area contributed by atoms with E-state index in [4.69, 9.17) is 4.74 Å². The van der Waals surface area contributed by atoms with Gasteiger partial charge in [-0.05, 0) is 79.0 Å². The van der Waals surface area contributed by atoms with Gasteiger partial charge in [0.15, 0.2) is 0 Å². The van der Waals surface area contributed by atoms with Crippen molar-refractivity contribution in [3.8, 4) is 11.1 Å². The van der Waals surface area contributed by atoms with Crippen molar-refractivity contribution in [1.82, 2.24) is 4.90 Å². The molecule has 1 aliphatic rings. The van der Waals surface area contributed by atoms with Crippen molar-refractivity contribution in [2.45, 2.75) is 64.5 Å². The molecule has 1 heterocycles. The third kappa shape index (κ3) is 4.67. The molecule has 0 radical (unpaired) electrons. The number of thiophene rings is 1. The van der Waals surface area contributed by atoms with E-state index in [1.165, 1.54) is 29.5 Å². The van der Waals surface area contributed by atoms with E-state index in [-0.39, 0.29) is 24.2 Å². The molecule has 0 bridgehead atoms. The van der Waals surface area contributed by atoms with Crippen LogP contribution in [-0.4, -0.2) is 29.7 Å². The molecule has 26 heavy (non-hydrogen) atoms. The van der Waals surface area contributed by atoms with Gasteiger partial charge in [-0.15, -0.1) is 0 Å². The third-order valence-electron chi connectivity index (χ3n) is 5.23. The van der Waals surface area contributed by atoms with Gasteiger partial charge in [-0.3, -0.25) is 0 Å². The number of benzene rings is 1. The fourth-order valence-electron chi connectivity index (χ4n) is 3.55. The molecule has 2 aromatic rings. The second-order valence-corrected chi connectivity index (χ2v) is 8.35. The lowest BCUT2D eigenvalue weighted by Gasteiger charge is -2.30. The standard InChI is InChI=1S/C22H29NO2S/c1-16(2)23(22(24)25-21-6-4-5-7-21)14-17(3)18-8-10-19(11-9-18)20-12-13-26-15-20/h8-13,15-17,21H,4-7,14H2,1-3H3. The average Bonchev–Trinajstić information content (AvgIpc) is 3.33. The molecule has 0 N–H and O–H groups in total. The van der Waals surface area contributed by atoms with Gasteiger partial charge in [0, 0.05) is 12.6 Å². The lowest BCUT2D eigenvalue weighted by molar-refractivity contribution is 0.0557. The first kappa shape index (κ1) is 19.0. The fraction of sp³-hybridized carbons (Fsp3) is 0.500. The van der Waals surface area contributed by atoms with E-state index in [0.29, 0.717) is 6.54 Å². The molecule has 1 aliphatic carbocycles. The second-order valence-electron chi connectivity index (χ2n) is 7.57. The van der Waals surface area contributed by atoms with E-state index in [1.807, 2.05) is 4.90 Å². The largest absolute Gasteiger partial charge is 0.446 e. The molecule has 0 saturated heterocycles. The molecule has 1 saturated carbocycles. The van der Waals surface area contributed by atoms with Crippen molar-refractivity contribution in [3.05, 3.63) is 46.7 Å². The minimum absolute atomic E-state index is 0.115. The van der Waals surface area contributed by atoms with Gasteiger partial charge in [0.05, 0.1) is 0 Å². The van der Waals surface area contributed by atoms with Crippen LogP contribution in [0.3, 0.4) is 0 Å². The highest BCUT2D eigenvalue weighted by Crippen LogP contribution is 2.26. The third-order valence-corrected chi connectivity index (χ3v) is 5.92. The van der Waals surface area contributed by atoms with Crippen LogP contribution < -0.4 is 0 Å². The summed E-state index contributed by atoms with van der Waals surface area (Å²) in [6, 6.07) is 11.0. The topological polar surface area (TPSA) is 29.5 Å². The zero-order valence-electron chi connectivity index (χ0n) is 16.0. The molecule has 3 nitrogen and oxygen atoms in total. The highest BCUT2D eigenvalue weighted by molar-refractivity contribution is 7.08. The maximum atomic E-state index is 12.6. The summed E-state index contributed by atoms with van der Waals surface area (Å²) >= 11 is 1.71. The zero-order chi connectivity index (χ0) is 18.5. The summed E-state index contributed by atoms with van der Waals surface area (Å²) in [5.74, 6) is 0.269. The monoisotopic (exact) mass is 371 g/mol. The summed E-state index contributed by atoms with van der Waals surface area (Å²) in [5.41, 5.74) is 3.75. The van der Waals surface area contributed by atoms with E-state index < -0.39 is 0 Å². The molecule has 1 fully saturated rings. The van der Waals surface area contributed by atoms with Crippen LogP contribution in [0.2, 0.25) is 0 Å². The fourth-order valence-corrected chi connectivity index (χ4v) is 4.21. The van der Waals surface area contributed by atoms with Crippen LogP contribution in [0, 0.1) is 0 Å². The maximum absolute atomic E-state index is 12.6. The Morgan fingerprint density at radius 3 is 2.38 bits per heavy atom. The Morgan fingerprint density at radius 1 is 1.12 bits per heavy atom. The van der Waals surface area contributed by atoms with Gasteiger partial charge in [-0.25, -0.2) is 4.79 Å². The van der Waals surface area contributed by atoms with E-state index >= 15 is 0 Å². The van der Waals surface area contributed by atoms with Crippen LogP contribution in [0.15, 0.2) is 41.1 Å². The molecule has 3 rings (SSSR count). The average molecular weight is 372 g/mol. The van der Waals surface area contributed by atoms with Gasteiger partial charge in [-0.2, -0.15) is 11.3 Å². The van der Waals surface area contributed by atoms with Crippen molar-refractivity contribution < 1.29 is 9.53 Å². The van der Waals surface area contributed by atoms with Gasteiger partial charge in [0.1, 0.15) is 6.10 Å². The number of carbonyl (C=O) groups is 1. The van der Waals surface area contributed by atoms with Crippen molar-refractivity contribution in [2.75, 3.05) is 6.54 Å². The maximum Gasteiger partial charge on any atom is 0.410 e. The van der Waals surface area contributed by atoms with Gasteiger partial charge < -0.3 is 9.64 Å². The number of carbonyl (C=O) groups excluding carboxylic acids is 1. The van der Waals surface area contributed by atoms with Crippen LogP contribution in [0.5, 0.6) is 0 Å². The van der Waals surface area contributed by atoms with E-state index in [2.05, 4.69) is 61.9 Å². The summed E-state index contributed by atoms with van der Waals surface area (Å²) in [7, 11) is 0. The molecule has 1 amide bonds. The molecule has 1 atom stereocenters. The van der Waals surface area contributed by atoms with Crippen molar-refractivity contribution >= 4 is 17.4 Å². The molecule has 4 heteroatoms. The normalized spacial score (nSPS) is 16.0. The lowest BCUT2D eigenvalue weighted by Crippen LogP contribution is -2.41. The summed E-state index contributed by atoms with van der Waals surface area (Å²) in [4.78, 5) is 14.5. The summed E-state index contributed by atoms with van der Waals surface area (Å²) < 4.78 is 5.73. The predicted octanol–water partition coefficient (Wildman–Crippen LogP) is 6.31. The number of hydrogen-bond acceptors (Lipinski definition) is 3. The first-order chi connectivity index (χ1) is 12.5. The first-order valence-electron chi connectivity index (χ1n) is 9.64. The number of hydrogen-bond donors (Lipinski definition) is 0. The van der Waals surface area contributed by atoms with Crippen LogP contribution in [0.1, 0.15) is 57.9 Å². The molecule has 1 aromatic carbocycles. The minimum Gasteiger partial charge on any atom is -0.446 e. The smallest absolute Gasteiger partial charge is 0.410 e. The van der Waals surface area contributed by atoms with E-state index in [1.54, 1.807) is 11.3 Å². The van der Waals surface area contributed by atoms with E-state index in [0.717, 1.165) is 12.8 Å². The summed E-state index contributed by atoms with van der Waals surface area (Å²) in [6.07, 6.45) is 4.32. The molecular formula is C22H29NO2S. The van der Waals surface area contributed by atoms with Crippen LogP contribution >= 0.6 is 11.3 Å². The Bertz CT molecular complexity index is 687. The quantitative estimate of drug-likeness (QED) is 0.595. The molecule has 1 unspecified atom stereocenters. The van der Waals surface area contributed by atoms with Crippen LogP contribution in [0.25, 0.3) is 11.1 Å². The van der Waals surface area contributed by atoms with Gasteiger partial charge in [0.25, 0.3) is 0 Å². The molecule has 0 spiro atoms. The van der Waals surface area contributed by atoms with Crippen molar-refractivity contribution in [3.63, 3.8) is 0 Å². The summed E-state index contributed by atoms with van der Waals surface area (Å²) in [6.45, 7) is 6.98. The number of nitrogens with zero attached hydrogens (tertiary/aromatic N) is 1. The van der Waals surface area contributed by atoms with Gasteiger partial charge in [-0.1, -0.05) is 31.2 Å². The Labute approximate surface area is 161 Å². The van der Waals surface area contributed by atoms with Gasteiger partial charge in [0.2, 0.25) is 0 Å². The minimum atomic E-state index is -0.159. The van der Waals surface area contributed by atoms with Crippen molar-refractivity contribution in [2.24, 2.45) is 0 Å². The first-order valence-corrected chi connectivity index (χ1v) is 10.6. The van der Waals surface area contributed by atoms with E-state index in [9.17, 15) is 4.79 Å². The SMILES string of the molecule is CC(CN(C(=O)OC1CCCC1)C(C)C)c1ccc(-c2ccsc2)cc1. The Kier molecular flexibility index (Phi) is 6.36. The highest BCUT2D eigenvalue weighted by Gasteiger charge is 2.26. The molecule has 140 valence electrons. The number of rotatable bonds is 6. The second kappa shape index (κ2) is 8.72. The Morgan fingerprint density at radius 2 is 1.81 bits per heavy atom. The predicted molar refractivity (Wildman–Crippen MR) is 109 cm³/mol. The molecular weight excluding hydrogens is 342 g/mol. The van der Waals surface area contributed by atoms with Gasteiger partial charge >= 0.3 is 6.09 Å². The molecule has 1 aromatic heterocycles. The Balaban J connectivity index is 1.63. The van der Waals surface area contributed by atoms with Crippen LogP contribution in [0.4, 0.5) is 4.79 Å². The molecule has 0 aliphatic heterocycles. The Hall–Kier alpha value is -1.81. The number of ether oxygens (including phenoxy) is 1. The zero-order valence-corrected chi connectivity index (χ0v) is 16.8. The summed E-state index contributed by atoms with van der Waals surface area (Å²) in [5, 5.41) is 4.26. The highest BCUT2D eigenvalue weighted by atomic mass is 32.1.